The fourth-order valence-corrected chi connectivity index (χ4v) is 2.31. The average Bonchev–Trinajstić information content (AvgIpc) is 2.84. The molecule has 0 radical (unpaired) electrons. The van der Waals surface area contributed by atoms with Crippen LogP contribution in [0.4, 0.5) is 0 Å². The Morgan fingerprint density at radius 1 is 1.24 bits per heavy atom. The summed E-state index contributed by atoms with van der Waals surface area (Å²) in [5.41, 5.74) is 3.44. The fourth-order valence-electron chi connectivity index (χ4n) is 2.31. The third kappa shape index (κ3) is 5.28. The zero-order chi connectivity index (χ0) is 15.1. The van der Waals surface area contributed by atoms with E-state index in [-0.39, 0.29) is 0 Å². The first kappa shape index (κ1) is 15.7. The Bertz CT molecular complexity index is 549. The van der Waals surface area contributed by atoms with Crippen molar-refractivity contribution in [2.75, 3.05) is 13.6 Å². The number of pyridine rings is 1. The molecule has 5 nitrogen and oxygen atoms in total. The number of nitrogens with one attached hydrogen (secondary N) is 1. The van der Waals surface area contributed by atoms with Gasteiger partial charge in [0.1, 0.15) is 0 Å². The minimum Gasteiger partial charge on any atom is -0.311 e. The zero-order valence-electron chi connectivity index (χ0n) is 13.2. The monoisotopic (exact) mass is 287 g/mol. The van der Waals surface area contributed by atoms with Crippen molar-refractivity contribution in [3.63, 3.8) is 0 Å². The SMILES string of the molecule is CCCNCc1cccc(CN(C)Cc2cnn(C)c2)n1. The van der Waals surface area contributed by atoms with E-state index < -0.39 is 0 Å². The Balaban J connectivity index is 1.88. The van der Waals surface area contributed by atoms with Crippen molar-refractivity contribution in [3.8, 4) is 0 Å². The van der Waals surface area contributed by atoms with Gasteiger partial charge in [0.25, 0.3) is 0 Å². The van der Waals surface area contributed by atoms with Crippen molar-refractivity contribution in [2.45, 2.75) is 33.0 Å². The van der Waals surface area contributed by atoms with Gasteiger partial charge in [-0.2, -0.15) is 5.10 Å². The molecule has 5 heteroatoms. The van der Waals surface area contributed by atoms with Crippen LogP contribution in [0.1, 0.15) is 30.3 Å². The first-order valence-electron chi connectivity index (χ1n) is 7.49. The second-order valence-corrected chi connectivity index (χ2v) is 5.49. The fraction of sp³-hybridized carbons (Fsp3) is 0.500. The van der Waals surface area contributed by atoms with Gasteiger partial charge in [0, 0.05) is 38.4 Å². The molecular weight excluding hydrogens is 262 g/mol. The molecule has 0 aromatic carbocycles. The molecule has 0 atom stereocenters. The molecule has 0 amide bonds. The van der Waals surface area contributed by atoms with Gasteiger partial charge in [-0.25, -0.2) is 0 Å². The molecule has 0 fully saturated rings. The number of aryl methyl sites for hydroxylation is 1. The Kier molecular flexibility index (Phi) is 5.90. The van der Waals surface area contributed by atoms with Gasteiger partial charge in [-0.05, 0) is 32.1 Å². The number of hydrogen-bond acceptors (Lipinski definition) is 4. The van der Waals surface area contributed by atoms with Crippen molar-refractivity contribution in [3.05, 3.63) is 47.5 Å². The van der Waals surface area contributed by atoms with Crippen LogP contribution in [0, 0.1) is 0 Å². The highest BCUT2D eigenvalue weighted by Gasteiger charge is 2.05. The first-order valence-corrected chi connectivity index (χ1v) is 7.49. The Morgan fingerprint density at radius 2 is 2.05 bits per heavy atom. The molecule has 0 aliphatic carbocycles. The quantitative estimate of drug-likeness (QED) is 0.754. The summed E-state index contributed by atoms with van der Waals surface area (Å²) in [6, 6.07) is 6.25. The Morgan fingerprint density at radius 3 is 2.76 bits per heavy atom. The highest BCUT2D eigenvalue weighted by Crippen LogP contribution is 2.07. The standard InChI is InChI=1S/C16H25N5/c1-4-8-17-10-15-6-5-7-16(19-15)13-20(2)11-14-9-18-21(3)12-14/h5-7,9,12,17H,4,8,10-11,13H2,1-3H3. The van der Waals surface area contributed by atoms with Gasteiger partial charge in [-0.3, -0.25) is 14.6 Å². The van der Waals surface area contributed by atoms with Crippen molar-refractivity contribution < 1.29 is 0 Å². The van der Waals surface area contributed by atoms with Crippen LogP contribution in [0.3, 0.4) is 0 Å². The second-order valence-electron chi connectivity index (χ2n) is 5.49. The summed E-state index contributed by atoms with van der Waals surface area (Å²) in [6.07, 6.45) is 5.11. The maximum atomic E-state index is 4.71. The molecule has 21 heavy (non-hydrogen) atoms. The lowest BCUT2D eigenvalue weighted by Gasteiger charge is -2.15. The lowest BCUT2D eigenvalue weighted by Crippen LogP contribution is -2.19. The summed E-state index contributed by atoms with van der Waals surface area (Å²) in [6.45, 7) is 5.77. The van der Waals surface area contributed by atoms with Crippen LogP contribution in [0.15, 0.2) is 30.6 Å². The summed E-state index contributed by atoms with van der Waals surface area (Å²) in [4.78, 5) is 6.96. The minimum atomic E-state index is 0.841. The van der Waals surface area contributed by atoms with Crippen LogP contribution >= 0.6 is 0 Å². The number of rotatable bonds is 8. The smallest absolute Gasteiger partial charge is 0.0547 e. The molecule has 2 aromatic rings. The molecule has 0 unspecified atom stereocenters. The average molecular weight is 287 g/mol. The zero-order valence-corrected chi connectivity index (χ0v) is 13.2. The molecule has 114 valence electrons. The maximum Gasteiger partial charge on any atom is 0.0547 e. The molecule has 2 heterocycles. The lowest BCUT2D eigenvalue weighted by atomic mass is 10.2. The Hall–Kier alpha value is -1.72. The van der Waals surface area contributed by atoms with Gasteiger partial charge in [0.2, 0.25) is 0 Å². The van der Waals surface area contributed by atoms with E-state index in [2.05, 4.69) is 53.7 Å². The van der Waals surface area contributed by atoms with Crippen molar-refractivity contribution in [2.24, 2.45) is 7.05 Å². The van der Waals surface area contributed by atoms with Crippen LogP contribution < -0.4 is 5.32 Å². The van der Waals surface area contributed by atoms with Gasteiger partial charge < -0.3 is 5.32 Å². The molecule has 2 aromatic heterocycles. The molecule has 1 N–H and O–H groups in total. The largest absolute Gasteiger partial charge is 0.311 e. The van der Waals surface area contributed by atoms with E-state index >= 15 is 0 Å². The second kappa shape index (κ2) is 7.90. The summed E-state index contributed by atoms with van der Waals surface area (Å²) < 4.78 is 1.83. The van der Waals surface area contributed by atoms with E-state index in [1.165, 1.54) is 5.56 Å². The third-order valence-corrected chi connectivity index (χ3v) is 3.24. The Labute approximate surface area is 127 Å². The minimum absolute atomic E-state index is 0.841. The summed E-state index contributed by atoms with van der Waals surface area (Å²) in [5, 5.41) is 7.59. The summed E-state index contributed by atoms with van der Waals surface area (Å²) in [7, 11) is 4.05. The van der Waals surface area contributed by atoms with Crippen molar-refractivity contribution >= 4 is 0 Å². The van der Waals surface area contributed by atoms with Crippen LogP contribution in [-0.2, 0) is 26.7 Å². The maximum absolute atomic E-state index is 4.71. The highest BCUT2D eigenvalue weighted by atomic mass is 15.2. The van der Waals surface area contributed by atoms with Gasteiger partial charge in [0.05, 0.1) is 17.6 Å². The topological polar surface area (TPSA) is 46.0 Å². The summed E-state index contributed by atoms with van der Waals surface area (Å²) in [5.74, 6) is 0. The lowest BCUT2D eigenvalue weighted by molar-refractivity contribution is 0.314. The van der Waals surface area contributed by atoms with Crippen LogP contribution in [0.2, 0.25) is 0 Å². The third-order valence-electron chi connectivity index (χ3n) is 3.24. The number of hydrogen-bond donors (Lipinski definition) is 1. The molecule has 2 rings (SSSR count). The number of nitrogens with zero attached hydrogens (tertiary/aromatic N) is 4. The van der Waals surface area contributed by atoms with Gasteiger partial charge >= 0.3 is 0 Å². The first-order chi connectivity index (χ1) is 10.2. The normalized spacial score (nSPS) is 11.2. The van der Waals surface area contributed by atoms with E-state index in [9.17, 15) is 0 Å². The van der Waals surface area contributed by atoms with Gasteiger partial charge in [0.15, 0.2) is 0 Å². The van der Waals surface area contributed by atoms with Gasteiger partial charge in [-0.15, -0.1) is 0 Å². The molecule has 0 spiro atoms. The van der Waals surface area contributed by atoms with Crippen molar-refractivity contribution in [1.29, 1.82) is 0 Å². The van der Waals surface area contributed by atoms with E-state index in [0.29, 0.717) is 0 Å². The predicted octanol–water partition coefficient (Wildman–Crippen LogP) is 1.95. The predicted molar refractivity (Wildman–Crippen MR) is 84.6 cm³/mol. The van der Waals surface area contributed by atoms with Gasteiger partial charge in [-0.1, -0.05) is 13.0 Å². The van der Waals surface area contributed by atoms with E-state index in [1.54, 1.807) is 0 Å². The molecule has 0 saturated heterocycles. The highest BCUT2D eigenvalue weighted by molar-refractivity contribution is 5.11. The molecule has 0 aliphatic heterocycles. The number of aromatic nitrogens is 3. The molecular formula is C16H25N5. The van der Waals surface area contributed by atoms with E-state index in [1.807, 2.05) is 17.9 Å². The van der Waals surface area contributed by atoms with Crippen molar-refractivity contribution in [1.82, 2.24) is 25.0 Å². The summed E-state index contributed by atoms with van der Waals surface area (Å²) >= 11 is 0. The van der Waals surface area contributed by atoms with E-state index in [4.69, 9.17) is 4.98 Å². The molecule has 0 bridgehead atoms. The van der Waals surface area contributed by atoms with Crippen LogP contribution in [-0.4, -0.2) is 33.3 Å². The van der Waals surface area contributed by atoms with Crippen LogP contribution in [0.25, 0.3) is 0 Å². The van der Waals surface area contributed by atoms with E-state index in [0.717, 1.165) is 44.0 Å². The van der Waals surface area contributed by atoms with Crippen LogP contribution in [0.5, 0.6) is 0 Å². The molecule has 0 aliphatic rings. The molecule has 0 saturated carbocycles.